The van der Waals surface area contributed by atoms with Gasteiger partial charge in [-0.2, -0.15) is 0 Å². The number of carbonyl (C=O) groups excluding carboxylic acids is 2. The second-order valence-corrected chi connectivity index (χ2v) is 12.9. The van der Waals surface area contributed by atoms with E-state index < -0.39 is 40.3 Å². The standard InChI is InChI=1S/C33H35Cl2FN4O6/c1-18(2)11-12-39-27(17-41)30(37-16-21-8-7-19(31(42)46-3)13-26(21)40(44)45)28(23-5-4-6-24(35)29(23)36)33(39)15-20-9-10-22(34)14-25(20)38-32(33)43/h4-10,13-14,18,27-28,30,37,41H,11-12,15-17H2,1-3H3,(H,38,43)/t27-,28-,30+,33+/m0/s1. The Morgan fingerprint density at radius 1 is 1.24 bits per heavy atom. The number of nitrogens with zero attached hydrogens (tertiary/aromatic N) is 2. The van der Waals surface area contributed by atoms with Crippen molar-refractivity contribution in [3.8, 4) is 0 Å². The average Bonchev–Trinajstić information content (AvgIpc) is 3.28. The number of nitrogens with one attached hydrogen (secondary N) is 2. The first-order valence-electron chi connectivity index (χ1n) is 14.9. The van der Waals surface area contributed by atoms with E-state index in [1.165, 1.54) is 25.3 Å². The van der Waals surface area contributed by atoms with Gasteiger partial charge in [-0.3, -0.25) is 19.8 Å². The molecule has 1 spiro atoms. The van der Waals surface area contributed by atoms with Crippen LogP contribution in [0.25, 0.3) is 0 Å². The van der Waals surface area contributed by atoms with Crippen LogP contribution in [0.2, 0.25) is 10.0 Å². The number of nitro groups is 1. The topological polar surface area (TPSA) is 134 Å². The molecule has 4 atom stereocenters. The molecule has 0 aromatic heterocycles. The van der Waals surface area contributed by atoms with E-state index in [-0.39, 0.29) is 58.8 Å². The fourth-order valence-electron chi connectivity index (χ4n) is 6.89. The number of methoxy groups -OCH3 is 1. The number of hydrogen-bond donors (Lipinski definition) is 3. The molecule has 5 rings (SSSR count). The normalized spacial score (nSPS) is 22.6. The number of likely N-dealkylation sites (tertiary alicyclic amines) is 1. The predicted octanol–water partition coefficient (Wildman–Crippen LogP) is 5.73. The number of hydrogen-bond acceptors (Lipinski definition) is 8. The van der Waals surface area contributed by atoms with E-state index >= 15 is 4.39 Å². The highest BCUT2D eigenvalue weighted by molar-refractivity contribution is 6.31. The van der Waals surface area contributed by atoms with E-state index in [2.05, 4.69) is 24.5 Å². The SMILES string of the molecule is COC(=O)c1ccc(CN[C@@H]2[C@H](CO)N(CCC(C)C)[C@]3(Cc4ccc(Cl)cc4NC3=O)[C@H]2c2cccc(Cl)c2F)c([N+](=O)[O-])c1. The van der Waals surface area contributed by atoms with Crippen molar-refractivity contribution < 1.29 is 28.7 Å². The van der Waals surface area contributed by atoms with Crippen molar-refractivity contribution in [2.75, 3.05) is 25.6 Å². The molecule has 3 N–H and O–H groups in total. The number of fused-ring (bicyclic) bond motifs is 1. The second kappa shape index (κ2) is 13.6. The monoisotopic (exact) mass is 672 g/mol. The van der Waals surface area contributed by atoms with E-state index in [1.807, 2.05) is 11.0 Å². The Morgan fingerprint density at radius 2 is 2.00 bits per heavy atom. The lowest BCUT2D eigenvalue weighted by atomic mass is 9.71. The molecule has 46 heavy (non-hydrogen) atoms. The molecule has 13 heteroatoms. The van der Waals surface area contributed by atoms with Gasteiger partial charge >= 0.3 is 5.97 Å². The van der Waals surface area contributed by atoms with Crippen LogP contribution in [0.15, 0.2) is 54.6 Å². The third-order valence-electron chi connectivity index (χ3n) is 9.06. The molecule has 0 bridgehead atoms. The van der Waals surface area contributed by atoms with Crippen molar-refractivity contribution in [1.82, 2.24) is 10.2 Å². The van der Waals surface area contributed by atoms with Gasteiger partial charge in [0.1, 0.15) is 11.4 Å². The largest absolute Gasteiger partial charge is 0.465 e. The highest BCUT2D eigenvalue weighted by Gasteiger charge is 2.64. The van der Waals surface area contributed by atoms with Crippen LogP contribution in [0.5, 0.6) is 0 Å². The summed E-state index contributed by atoms with van der Waals surface area (Å²) in [6.07, 6.45) is 0.861. The number of amides is 1. The second-order valence-electron chi connectivity index (χ2n) is 12.1. The third-order valence-corrected chi connectivity index (χ3v) is 9.58. The molecule has 3 aromatic carbocycles. The lowest BCUT2D eigenvalue weighted by Crippen LogP contribution is -2.61. The predicted molar refractivity (Wildman–Crippen MR) is 173 cm³/mol. The van der Waals surface area contributed by atoms with Crippen molar-refractivity contribution >= 4 is 46.5 Å². The van der Waals surface area contributed by atoms with Crippen LogP contribution in [-0.2, 0) is 22.5 Å². The van der Waals surface area contributed by atoms with Crippen LogP contribution in [0.1, 0.15) is 53.2 Å². The van der Waals surface area contributed by atoms with Crippen molar-refractivity contribution in [3.05, 3.63) is 103 Å². The van der Waals surface area contributed by atoms with Gasteiger partial charge in [-0.05, 0) is 54.3 Å². The molecule has 0 radical (unpaired) electrons. The van der Waals surface area contributed by atoms with Crippen molar-refractivity contribution in [1.29, 1.82) is 0 Å². The highest BCUT2D eigenvalue weighted by atomic mass is 35.5. The van der Waals surface area contributed by atoms with E-state index in [9.17, 15) is 24.8 Å². The fourth-order valence-corrected chi connectivity index (χ4v) is 7.24. The zero-order chi connectivity index (χ0) is 33.3. The van der Waals surface area contributed by atoms with Crippen LogP contribution in [0.4, 0.5) is 15.8 Å². The molecule has 0 aliphatic carbocycles. The molecule has 1 amide bonds. The minimum Gasteiger partial charge on any atom is -0.465 e. The van der Waals surface area contributed by atoms with E-state index in [4.69, 9.17) is 27.9 Å². The molecule has 0 unspecified atom stereocenters. The van der Waals surface area contributed by atoms with Gasteiger partial charge in [-0.1, -0.05) is 61.3 Å². The first-order chi connectivity index (χ1) is 21.9. The van der Waals surface area contributed by atoms with Crippen molar-refractivity contribution in [3.63, 3.8) is 0 Å². The molecular formula is C33H35Cl2FN4O6. The molecule has 10 nitrogen and oxygen atoms in total. The third kappa shape index (κ3) is 6.10. The maximum atomic E-state index is 16.1. The number of nitro benzene ring substituents is 1. The summed E-state index contributed by atoms with van der Waals surface area (Å²) in [4.78, 5) is 40.0. The number of aliphatic hydroxyl groups is 1. The van der Waals surface area contributed by atoms with Gasteiger partial charge in [-0.25, -0.2) is 9.18 Å². The maximum absolute atomic E-state index is 16.1. The summed E-state index contributed by atoms with van der Waals surface area (Å²) >= 11 is 12.6. The van der Waals surface area contributed by atoms with Gasteiger partial charge in [0.05, 0.1) is 29.2 Å². The minimum atomic E-state index is -1.38. The highest BCUT2D eigenvalue weighted by Crippen LogP contribution is 2.52. The smallest absolute Gasteiger partial charge is 0.338 e. The van der Waals surface area contributed by atoms with Gasteiger partial charge < -0.3 is 20.5 Å². The Balaban J connectivity index is 1.67. The van der Waals surface area contributed by atoms with Crippen LogP contribution in [-0.4, -0.2) is 64.7 Å². The minimum absolute atomic E-state index is 0.0161. The fraction of sp³-hybridized carbons (Fsp3) is 0.394. The number of aliphatic hydroxyl groups excluding tert-OH is 1. The zero-order valence-electron chi connectivity index (χ0n) is 25.6. The molecule has 1 fully saturated rings. The average molecular weight is 674 g/mol. The van der Waals surface area contributed by atoms with Gasteiger partial charge in [0.2, 0.25) is 5.91 Å². The summed E-state index contributed by atoms with van der Waals surface area (Å²) in [6, 6.07) is 12.4. The number of rotatable bonds is 10. The first-order valence-corrected chi connectivity index (χ1v) is 15.7. The first kappa shape index (κ1) is 33.7. The number of halogens is 3. The quantitative estimate of drug-likeness (QED) is 0.141. The Kier molecular flexibility index (Phi) is 10.00. The lowest BCUT2D eigenvalue weighted by Gasteiger charge is -2.45. The lowest BCUT2D eigenvalue weighted by molar-refractivity contribution is -0.385. The Bertz CT molecular complexity index is 1670. The van der Waals surface area contributed by atoms with Gasteiger partial charge in [-0.15, -0.1) is 0 Å². The van der Waals surface area contributed by atoms with E-state index in [0.29, 0.717) is 23.7 Å². The zero-order valence-corrected chi connectivity index (χ0v) is 27.1. The molecule has 3 aromatic rings. The molecular weight excluding hydrogens is 638 g/mol. The Hall–Kier alpha value is -3.61. The Morgan fingerprint density at radius 3 is 2.67 bits per heavy atom. The molecule has 2 heterocycles. The Labute approximate surface area is 276 Å². The van der Waals surface area contributed by atoms with Crippen LogP contribution >= 0.6 is 23.2 Å². The summed E-state index contributed by atoms with van der Waals surface area (Å²) in [5.74, 6) is -2.44. The summed E-state index contributed by atoms with van der Waals surface area (Å²) in [5, 5.41) is 29.7. The molecule has 244 valence electrons. The van der Waals surface area contributed by atoms with Gasteiger partial charge in [0, 0.05) is 53.3 Å². The number of ether oxygens (including phenoxy) is 1. The molecule has 2 aliphatic heterocycles. The molecule has 0 saturated carbocycles. The van der Waals surface area contributed by atoms with E-state index in [0.717, 1.165) is 11.6 Å². The van der Waals surface area contributed by atoms with Crippen molar-refractivity contribution in [2.45, 2.75) is 56.8 Å². The van der Waals surface area contributed by atoms with Crippen LogP contribution < -0.4 is 10.6 Å². The molecule has 2 aliphatic rings. The summed E-state index contributed by atoms with van der Waals surface area (Å²) < 4.78 is 20.8. The van der Waals surface area contributed by atoms with Gasteiger partial charge in [0.15, 0.2) is 0 Å². The van der Waals surface area contributed by atoms with E-state index in [1.54, 1.807) is 24.3 Å². The maximum Gasteiger partial charge on any atom is 0.338 e. The summed E-state index contributed by atoms with van der Waals surface area (Å²) in [7, 11) is 1.18. The number of esters is 1. The van der Waals surface area contributed by atoms with Crippen LogP contribution in [0, 0.1) is 21.8 Å². The van der Waals surface area contributed by atoms with Gasteiger partial charge in [0.25, 0.3) is 5.69 Å². The number of anilines is 1. The van der Waals surface area contributed by atoms with Crippen LogP contribution in [0.3, 0.4) is 0 Å². The molecule has 1 saturated heterocycles. The van der Waals surface area contributed by atoms with Crippen molar-refractivity contribution in [2.24, 2.45) is 5.92 Å². The number of carbonyl (C=O) groups is 2. The number of benzene rings is 3. The summed E-state index contributed by atoms with van der Waals surface area (Å²) in [5.41, 5.74) is 0.0933. The summed E-state index contributed by atoms with van der Waals surface area (Å²) in [6.45, 7) is 4.04.